The summed E-state index contributed by atoms with van der Waals surface area (Å²) in [6.45, 7) is 0. The second-order valence-corrected chi connectivity index (χ2v) is 6.08. The third-order valence-corrected chi connectivity index (χ3v) is 5.04. The molecule has 0 saturated heterocycles. The van der Waals surface area contributed by atoms with Gasteiger partial charge in [0.25, 0.3) is 0 Å². The zero-order chi connectivity index (χ0) is 14.5. The predicted molar refractivity (Wildman–Crippen MR) is 76.8 cm³/mol. The number of rotatable bonds is 1. The molecule has 5 heteroatoms. The van der Waals surface area contributed by atoms with Gasteiger partial charge >= 0.3 is 0 Å². The first-order valence-corrected chi connectivity index (χ1v) is 7.26. The standard InChI is InChI=1S/C15H10BrClF2O/c16-11-5-4-10(14(19)13(11)17)15(20)7-6-8-9(15)2-1-3-12(8)18/h1-5,20H,6-7H2. The van der Waals surface area contributed by atoms with Crippen LogP contribution < -0.4 is 0 Å². The number of fused-ring (bicyclic) bond motifs is 1. The average Bonchev–Trinajstić information content (AvgIpc) is 2.76. The Morgan fingerprint density at radius 3 is 2.65 bits per heavy atom. The molecule has 0 spiro atoms. The van der Waals surface area contributed by atoms with E-state index in [0.29, 0.717) is 22.0 Å². The predicted octanol–water partition coefficient (Wildman–Crippen LogP) is 4.56. The van der Waals surface area contributed by atoms with Gasteiger partial charge in [0.2, 0.25) is 0 Å². The first-order chi connectivity index (χ1) is 9.45. The smallest absolute Gasteiger partial charge is 0.149 e. The number of hydrogen-bond donors (Lipinski definition) is 1. The molecule has 1 aliphatic rings. The zero-order valence-corrected chi connectivity index (χ0v) is 12.6. The summed E-state index contributed by atoms with van der Waals surface area (Å²) in [6, 6.07) is 7.54. The van der Waals surface area contributed by atoms with Crippen molar-refractivity contribution in [2.24, 2.45) is 0 Å². The molecule has 1 nitrogen and oxygen atoms in total. The van der Waals surface area contributed by atoms with Crippen LogP contribution in [-0.2, 0) is 12.0 Å². The molecule has 0 radical (unpaired) electrons. The molecule has 0 bridgehead atoms. The van der Waals surface area contributed by atoms with E-state index < -0.39 is 11.4 Å². The molecule has 1 unspecified atom stereocenters. The Hall–Kier alpha value is -0.970. The van der Waals surface area contributed by atoms with Crippen LogP contribution in [0, 0.1) is 11.6 Å². The van der Waals surface area contributed by atoms with Gasteiger partial charge in [0.05, 0.1) is 5.02 Å². The van der Waals surface area contributed by atoms with Crippen molar-refractivity contribution in [3.05, 3.63) is 68.2 Å². The van der Waals surface area contributed by atoms with Crippen molar-refractivity contribution < 1.29 is 13.9 Å². The fourth-order valence-corrected chi connectivity index (χ4v) is 3.24. The Bertz CT molecular complexity index is 705. The van der Waals surface area contributed by atoms with E-state index >= 15 is 0 Å². The highest BCUT2D eigenvalue weighted by atomic mass is 79.9. The minimum absolute atomic E-state index is 0.0788. The van der Waals surface area contributed by atoms with Crippen LogP contribution in [-0.4, -0.2) is 5.11 Å². The average molecular weight is 360 g/mol. The number of benzene rings is 2. The molecule has 104 valence electrons. The van der Waals surface area contributed by atoms with Crippen molar-refractivity contribution >= 4 is 27.5 Å². The van der Waals surface area contributed by atoms with E-state index in [-0.39, 0.29) is 22.8 Å². The monoisotopic (exact) mass is 358 g/mol. The van der Waals surface area contributed by atoms with Crippen LogP contribution >= 0.6 is 27.5 Å². The Morgan fingerprint density at radius 2 is 1.90 bits per heavy atom. The van der Waals surface area contributed by atoms with E-state index in [9.17, 15) is 13.9 Å². The second-order valence-electron chi connectivity index (χ2n) is 4.85. The first kappa shape index (κ1) is 14.0. The van der Waals surface area contributed by atoms with Crippen LogP contribution in [0.1, 0.15) is 23.1 Å². The summed E-state index contributed by atoms with van der Waals surface area (Å²) in [5.74, 6) is -1.05. The summed E-state index contributed by atoms with van der Waals surface area (Å²) in [4.78, 5) is 0. The third kappa shape index (κ3) is 1.90. The maximum atomic E-state index is 14.3. The fourth-order valence-electron chi connectivity index (χ4n) is 2.77. The van der Waals surface area contributed by atoms with Crippen molar-refractivity contribution in [2.45, 2.75) is 18.4 Å². The number of hydrogen-bond acceptors (Lipinski definition) is 1. The van der Waals surface area contributed by atoms with Crippen molar-refractivity contribution in [1.29, 1.82) is 0 Å². The normalized spacial score (nSPS) is 21.1. The highest BCUT2D eigenvalue weighted by Gasteiger charge is 2.41. The van der Waals surface area contributed by atoms with Gasteiger partial charge in [-0.3, -0.25) is 0 Å². The van der Waals surface area contributed by atoms with Crippen molar-refractivity contribution in [3.8, 4) is 0 Å². The van der Waals surface area contributed by atoms with Crippen molar-refractivity contribution in [3.63, 3.8) is 0 Å². The van der Waals surface area contributed by atoms with E-state index in [2.05, 4.69) is 15.9 Å². The Morgan fingerprint density at radius 1 is 1.15 bits per heavy atom. The molecule has 0 aliphatic heterocycles. The van der Waals surface area contributed by atoms with E-state index in [1.54, 1.807) is 12.1 Å². The van der Waals surface area contributed by atoms with Gasteiger partial charge in [0.1, 0.15) is 17.2 Å². The van der Waals surface area contributed by atoms with Gasteiger partial charge in [-0.05, 0) is 52.0 Å². The lowest BCUT2D eigenvalue weighted by Gasteiger charge is -2.25. The third-order valence-electron chi connectivity index (χ3n) is 3.78. The van der Waals surface area contributed by atoms with Gasteiger partial charge in [0, 0.05) is 10.0 Å². The van der Waals surface area contributed by atoms with E-state index in [0.717, 1.165) is 0 Å². The molecule has 2 aromatic rings. The molecule has 0 fully saturated rings. The first-order valence-electron chi connectivity index (χ1n) is 6.09. The van der Waals surface area contributed by atoms with Crippen LogP contribution in [0.3, 0.4) is 0 Å². The van der Waals surface area contributed by atoms with Crippen LogP contribution in [0.2, 0.25) is 5.02 Å². The Kier molecular flexibility index (Phi) is 3.35. The molecule has 1 N–H and O–H groups in total. The van der Waals surface area contributed by atoms with Gasteiger partial charge in [-0.25, -0.2) is 8.78 Å². The Balaban J connectivity index is 2.22. The van der Waals surface area contributed by atoms with E-state index in [1.807, 2.05) is 0 Å². The van der Waals surface area contributed by atoms with Crippen molar-refractivity contribution in [2.75, 3.05) is 0 Å². The minimum Gasteiger partial charge on any atom is -0.380 e. The molecule has 1 atom stereocenters. The lowest BCUT2D eigenvalue weighted by Crippen LogP contribution is -2.25. The van der Waals surface area contributed by atoms with Crippen LogP contribution in [0.15, 0.2) is 34.8 Å². The van der Waals surface area contributed by atoms with Gasteiger partial charge in [0.15, 0.2) is 0 Å². The van der Waals surface area contributed by atoms with Crippen molar-refractivity contribution in [1.82, 2.24) is 0 Å². The van der Waals surface area contributed by atoms with Gasteiger partial charge in [-0.2, -0.15) is 0 Å². The largest absolute Gasteiger partial charge is 0.380 e. The Labute approximate surface area is 128 Å². The quantitative estimate of drug-likeness (QED) is 0.740. The SMILES string of the molecule is OC1(c2ccc(Br)c(Cl)c2F)CCc2c(F)cccc21. The summed E-state index contributed by atoms with van der Waals surface area (Å²) < 4.78 is 28.5. The maximum Gasteiger partial charge on any atom is 0.149 e. The molecule has 0 heterocycles. The molecule has 2 aromatic carbocycles. The van der Waals surface area contributed by atoms with Crippen LogP contribution in [0.4, 0.5) is 8.78 Å². The molecular weight excluding hydrogens is 350 g/mol. The lowest BCUT2D eigenvalue weighted by atomic mass is 9.87. The molecule has 0 saturated carbocycles. The fraction of sp³-hybridized carbons (Fsp3) is 0.200. The van der Waals surface area contributed by atoms with Gasteiger partial charge in [-0.1, -0.05) is 29.8 Å². The van der Waals surface area contributed by atoms with Gasteiger partial charge < -0.3 is 5.11 Å². The molecular formula is C15H10BrClF2O. The zero-order valence-electron chi connectivity index (χ0n) is 10.3. The number of halogens is 4. The molecule has 3 rings (SSSR count). The number of aliphatic hydroxyl groups is 1. The van der Waals surface area contributed by atoms with Crippen LogP contribution in [0.25, 0.3) is 0 Å². The topological polar surface area (TPSA) is 20.2 Å². The summed E-state index contributed by atoms with van der Waals surface area (Å²) >= 11 is 9.01. The molecule has 1 aliphatic carbocycles. The highest BCUT2D eigenvalue weighted by Crippen LogP contribution is 2.45. The van der Waals surface area contributed by atoms with E-state index in [1.165, 1.54) is 18.2 Å². The summed E-state index contributed by atoms with van der Waals surface area (Å²) in [5.41, 5.74) is -0.607. The van der Waals surface area contributed by atoms with Crippen LogP contribution in [0.5, 0.6) is 0 Å². The minimum atomic E-state index is -1.54. The molecule has 20 heavy (non-hydrogen) atoms. The molecule has 0 aromatic heterocycles. The summed E-state index contributed by atoms with van der Waals surface area (Å²) in [6.07, 6.45) is 0.601. The highest BCUT2D eigenvalue weighted by molar-refractivity contribution is 9.10. The summed E-state index contributed by atoms with van der Waals surface area (Å²) in [5, 5.41) is 10.8. The summed E-state index contributed by atoms with van der Waals surface area (Å²) in [7, 11) is 0. The van der Waals surface area contributed by atoms with E-state index in [4.69, 9.17) is 11.6 Å². The lowest BCUT2D eigenvalue weighted by molar-refractivity contribution is 0.0789. The second kappa shape index (κ2) is 4.79. The maximum absolute atomic E-state index is 14.3. The molecule has 0 amide bonds. The van der Waals surface area contributed by atoms with Gasteiger partial charge in [-0.15, -0.1) is 0 Å².